The van der Waals surface area contributed by atoms with Crippen molar-refractivity contribution >= 4 is 29.9 Å². The zero-order valence-electron chi connectivity index (χ0n) is 8.52. The van der Waals surface area contributed by atoms with Crippen LogP contribution in [0.5, 0.6) is 0 Å². The highest BCUT2D eigenvalue weighted by molar-refractivity contribution is 6.30. The molecule has 0 bridgehead atoms. The molecule has 0 aliphatic heterocycles. The number of allylic oxidation sites excluding steroid dienone is 1. The number of carbonyl (C=O) groups is 2. The van der Waals surface area contributed by atoms with Gasteiger partial charge in [0, 0.05) is 11.4 Å². The van der Waals surface area contributed by atoms with Crippen LogP contribution in [0.15, 0.2) is 24.3 Å². The average Bonchev–Trinajstić information content (AvgIpc) is 2.20. The zero-order valence-corrected chi connectivity index (χ0v) is 9.28. The summed E-state index contributed by atoms with van der Waals surface area (Å²) in [5, 5.41) is 9.23. The molecule has 0 aromatic heterocycles. The van der Waals surface area contributed by atoms with Gasteiger partial charge in [-0.05, 0) is 23.3 Å². The maximum absolute atomic E-state index is 10.6. The second kappa shape index (κ2) is 6.08. The van der Waals surface area contributed by atoms with Gasteiger partial charge >= 0.3 is 5.97 Å². The summed E-state index contributed by atoms with van der Waals surface area (Å²) in [5.74, 6) is -0.910. The van der Waals surface area contributed by atoms with Crippen molar-refractivity contribution in [2.75, 3.05) is 0 Å². The van der Waals surface area contributed by atoms with Crippen LogP contribution >= 0.6 is 11.6 Å². The number of benzene rings is 1. The van der Waals surface area contributed by atoms with Crippen LogP contribution in [-0.4, -0.2) is 17.4 Å². The number of carboxylic acids is 1. The SMILES string of the molecule is O=CCC=Cc1ccc(Cl)cc1CC(=O)O. The lowest BCUT2D eigenvalue weighted by atomic mass is 10.0. The lowest BCUT2D eigenvalue weighted by molar-refractivity contribution is -0.136. The molecule has 4 heteroatoms. The van der Waals surface area contributed by atoms with Crippen molar-refractivity contribution in [3.05, 3.63) is 40.4 Å². The van der Waals surface area contributed by atoms with Crippen molar-refractivity contribution in [1.29, 1.82) is 0 Å². The lowest BCUT2D eigenvalue weighted by Crippen LogP contribution is -2.01. The topological polar surface area (TPSA) is 54.4 Å². The summed E-state index contributed by atoms with van der Waals surface area (Å²) in [5.41, 5.74) is 1.41. The number of halogens is 1. The Morgan fingerprint density at radius 3 is 2.81 bits per heavy atom. The van der Waals surface area contributed by atoms with Crippen molar-refractivity contribution in [2.45, 2.75) is 12.8 Å². The number of hydrogen-bond donors (Lipinski definition) is 1. The molecule has 0 unspecified atom stereocenters. The minimum Gasteiger partial charge on any atom is -0.481 e. The van der Waals surface area contributed by atoms with Crippen LogP contribution in [0.25, 0.3) is 6.08 Å². The second-order valence-corrected chi connectivity index (χ2v) is 3.65. The quantitative estimate of drug-likeness (QED) is 0.802. The molecule has 84 valence electrons. The van der Waals surface area contributed by atoms with E-state index < -0.39 is 5.97 Å². The summed E-state index contributed by atoms with van der Waals surface area (Å²) in [6.45, 7) is 0. The first kappa shape index (κ1) is 12.5. The third-order valence-corrected chi connectivity index (χ3v) is 2.21. The highest BCUT2D eigenvalue weighted by Crippen LogP contribution is 2.18. The van der Waals surface area contributed by atoms with Crippen LogP contribution in [0.1, 0.15) is 17.5 Å². The fourth-order valence-corrected chi connectivity index (χ4v) is 1.50. The van der Waals surface area contributed by atoms with Gasteiger partial charge in [-0.2, -0.15) is 0 Å². The van der Waals surface area contributed by atoms with E-state index in [0.717, 1.165) is 11.8 Å². The van der Waals surface area contributed by atoms with E-state index in [1.54, 1.807) is 30.4 Å². The Morgan fingerprint density at radius 1 is 1.44 bits per heavy atom. The van der Waals surface area contributed by atoms with Gasteiger partial charge in [0.1, 0.15) is 6.29 Å². The molecular weight excluding hydrogens is 228 g/mol. The van der Waals surface area contributed by atoms with Crippen LogP contribution in [0.3, 0.4) is 0 Å². The van der Waals surface area contributed by atoms with E-state index >= 15 is 0 Å². The molecule has 0 spiro atoms. The third-order valence-electron chi connectivity index (χ3n) is 1.98. The Bertz CT molecular complexity index is 424. The lowest BCUT2D eigenvalue weighted by Gasteiger charge is -2.03. The largest absolute Gasteiger partial charge is 0.481 e. The number of carboxylic acid groups (broad SMARTS) is 1. The monoisotopic (exact) mass is 238 g/mol. The van der Waals surface area contributed by atoms with Crippen molar-refractivity contribution in [2.24, 2.45) is 0 Å². The number of hydrogen-bond acceptors (Lipinski definition) is 2. The second-order valence-electron chi connectivity index (χ2n) is 3.22. The predicted octanol–water partition coefficient (Wildman–Crippen LogP) is 2.57. The molecule has 1 aromatic carbocycles. The van der Waals surface area contributed by atoms with Crippen LogP contribution in [0.2, 0.25) is 5.02 Å². The highest BCUT2D eigenvalue weighted by Gasteiger charge is 2.05. The maximum Gasteiger partial charge on any atom is 0.307 e. The molecule has 0 fully saturated rings. The zero-order chi connectivity index (χ0) is 12.0. The van der Waals surface area contributed by atoms with Gasteiger partial charge in [0.15, 0.2) is 0 Å². The van der Waals surface area contributed by atoms with Crippen molar-refractivity contribution in [1.82, 2.24) is 0 Å². The number of rotatable bonds is 5. The molecule has 0 aliphatic rings. The minimum absolute atomic E-state index is 0.0820. The average molecular weight is 239 g/mol. The maximum atomic E-state index is 10.6. The van der Waals surface area contributed by atoms with Gasteiger partial charge in [-0.3, -0.25) is 4.79 Å². The Kier molecular flexibility index (Phi) is 4.73. The van der Waals surface area contributed by atoms with E-state index in [-0.39, 0.29) is 6.42 Å². The molecule has 1 N–H and O–H groups in total. The molecule has 0 aliphatic carbocycles. The molecule has 1 aromatic rings. The number of aliphatic carboxylic acids is 1. The summed E-state index contributed by atoms with van der Waals surface area (Å²) in [7, 11) is 0. The van der Waals surface area contributed by atoms with E-state index in [1.165, 1.54) is 0 Å². The van der Waals surface area contributed by atoms with Crippen molar-refractivity contribution in [3.8, 4) is 0 Å². The standard InChI is InChI=1S/C12H11ClO3/c13-11-5-4-9(3-1-2-6-14)10(7-11)8-12(15)16/h1,3-7H,2,8H2,(H,15,16). The van der Waals surface area contributed by atoms with Gasteiger partial charge in [0.05, 0.1) is 6.42 Å². The smallest absolute Gasteiger partial charge is 0.307 e. The molecule has 3 nitrogen and oxygen atoms in total. The number of aldehydes is 1. The molecule has 0 heterocycles. The Labute approximate surface area is 98.4 Å². The molecule has 1 rings (SSSR count). The van der Waals surface area contributed by atoms with Gasteiger partial charge in [0.2, 0.25) is 0 Å². The van der Waals surface area contributed by atoms with Gasteiger partial charge in [-0.15, -0.1) is 0 Å². The third kappa shape index (κ3) is 3.87. The highest BCUT2D eigenvalue weighted by atomic mass is 35.5. The Hall–Kier alpha value is -1.61. The Balaban J connectivity index is 2.97. The van der Waals surface area contributed by atoms with E-state index in [2.05, 4.69) is 0 Å². The Morgan fingerprint density at radius 2 is 2.19 bits per heavy atom. The van der Waals surface area contributed by atoms with Crippen LogP contribution in [-0.2, 0) is 16.0 Å². The summed E-state index contributed by atoms with van der Waals surface area (Å²) >= 11 is 5.79. The summed E-state index contributed by atoms with van der Waals surface area (Å²) in [6, 6.07) is 5.05. The minimum atomic E-state index is -0.910. The molecular formula is C12H11ClO3. The van der Waals surface area contributed by atoms with Crippen molar-refractivity contribution < 1.29 is 14.7 Å². The van der Waals surface area contributed by atoms with Gasteiger partial charge in [-0.1, -0.05) is 29.8 Å². The van der Waals surface area contributed by atoms with E-state index in [0.29, 0.717) is 17.0 Å². The normalized spacial score (nSPS) is 10.6. The first-order chi connectivity index (χ1) is 7.63. The molecule has 0 radical (unpaired) electrons. The van der Waals surface area contributed by atoms with Gasteiger partial charge in [-0.25, -0.2) is 0 Å². The molecule has 0 saturated heterocycles. The fraction of sp³-hybridized carbons (Fsp3) is 0.167. The van der Waals surface area contributed by atoms with Gasteiger partial charge < -0.3 is 9.90 Å². The summed E-state index contributed by atoms with van der Waals surface area (Å²) < 4.78 is 0. The van der Waals surface area contributed by atoms with Crippen LogP contribution in [0.4, 0.5) is 0 Å². The van der Waals surface area contributed by atoms with Crippen LogP contribution < -0.4 is 0 Å². The van der Waals surface area contributed by atoms with Gasteiger partial charge in [0.25, 0.3) is 0 Å². The first-order valence-corrected chi connectivity index (χ1v) is 5.11. The van der Waals surface area contributed by atoms with Crippen LogP contribution in [0, 0.1) is 0 Å². The molecule has 16 heavy (non-hydrogen) atoms. The number of carbonyl (C=O) groups excluding carboxylic acids is 1. The molecule has 0 atom stereocenters. The molecule has 0 amide bonds. The van der Waals surface area contributed by atoms with Crippen molar-refractivity contribution in [3.63, 3.8) is 0 Å². The first-order valence-electron chi connectivity index (χ1n) is 4.74. The van der Waals surface area contributed by atoms with E-state index in [9.17, 15) is 9.59 Å². The predicted molar refractivity (Wildman–Crippen MR) is 62.5 cm³/mol. The van der Waals surface area contributed by atoms with E-state index in [4.69, 9.17) is 16.7 Å². The summed E-state index contributed by atoms with van der Waals surface area (Å²) in [4.78, 5) is 20.8. The summed E-state index contributed by atoms with van der Waals surface area (Å²) in [6.07, 6.45) is 4.42. The fourth-order valence-electron chi connectivity index (χ4n) is 1.30. The van der Waals surface area contributed by atoms with E-state index in [1.807, 2.05) is 0 Å². The molecule has 0 saturated carbocycles.